The molecule has 3 aromatic rings. The molecule has 0 saturated heterocycles. The summed E-state index contributed by atoms with van der Waals surface area (Å²) in [6, 6.07) is 12.4. The van der Waals surface area contributed by atoms with Gasteiger partial charge in [0.2, 0.25) is 5.91 Å². The average Bonchev–Trinajstić information content (AvgIpc) is 3.37. The predicted octanol–water partition coefficient (Wildman–Crippen LogP) is 4.91. The second-order valence-corrected chi connectivity index (χ2v) is 8.16. The molecule has 4 rings (SSSR count). The number of non-ortho nitro benzene ring substituents is 1. The molecule has 0 saturated carbocycles. The first-order valence-electron chi connectivity index (χ1n) is 8.46. The van der Waals surface area contributed by atoms with Gasteiger partial charge in [-0.25, -0.2) is 0 Å². The van der Waals surface area contributed by atoms with Crippen molar-refractivity contribution in [1.82, 2.24) is 4.90 Å². The summed E-state index contributed by atoms with van der Waals surface area (Å²) in [5.41, 5.74) is 1.85. The average molecular weight is 396 g/mol. The normalized spacial score (nSPS) is 16.4. The Morgan fingerprint density at radius 3 is 2.85 bits per heavy atom. The van der Waals surface area contributed by atoms with Gasteiger partial charge in [-0.1, -0.05) is 18.2 Å². The number of hydrogen-bond acceptors (Lipinski definition) is 5. The van der Waals surface area contributed by atoms with Gasteiger partial charge < -0.3 is 4.90 Å². The van der Waals surface area contributed by atoms with E-state index in [-0.39, 0.29) is 17.6 Å². The van der Waals surface area contributed by atoms with E-state index in [4.69, 9.17) is 0 Å². The summed E-state index contributed by atoms with van der Waals surface area (Å²) in [5.74, 6) is -0.0863. The molecule has 0 spiro atoms. The zero-order valence-corrected chi connectivity index (χ0v) is 15.9. The maximum Gasteiger partial charge on any atom is 0.270 e. The Hall–Kier alpha value is -2.77. The first-order valence-corrected chi connectivity index (χ1v) is 10.2. The molecule has 0 fully saturated rings. The maximum absolute atomic E-state index is 12.9. The molecule has 27 heavy (non-hydrogen) atoms. The lowest BCUT2D eigenvalue weighted by Gasteiger charge is -2.34. The zero-order chi connectivity index (χ0) is 18.8. The van der Waals surface area contributed by atoms with Crippen molar-refractivity contribution in [3.05, 3.63) is 90.3 Å². The highest BCUT2D eigenvalue weighted by Gasteiger charge is 2.32. The van der Waals surface area contributed by atoms with E-state index in [1.54, 1.807) is 40.9 Å². The Morgan fingerprint density at radius 2 is 2.07 bits per heavy atom. The van der Waals surface area contributed by atoms with Gasteiger partial charge >= 0.3 is 0 Å². The standard InChI is InChI=1S/C20H16N2O3S2/c23-19(7-6-14-3-1-4-15(13-14)22(24)25)21-10-8-17-16(9-12-27-17)20(21)18-5-2-11-26-18/h1-7,9,11-13,20H,8,10H2/b7-6+/t20-/m0/s1. The monoisotopic (exact) mass is 396 g/mol. The van der Waals surface area contributed by atoms with E-state index < -0.39 is 4.92 Å². The Kier molecular flexibility index (Phi) is 4.87. The minimum absolute atomic E-state index is 0.0157. The number of fused-ring (bicyclic) bond motifs is 1. The highest BCUT2D eigenvalue weighted by molar-refractivity contribution is 7.10. The maximum atomic E-state index is 12.9. The summed E-state index contributed by atoms with van der Waals surface area (Å²) in [7, 11) is 0. The van der Waals surface area contributed by atoms with Gasteiger partial charge in [0.05, 0.1) is 11.0 Å². The molecule has 5 nitrogen and oxygen atoms in total. The molecular weight excluding hydrogens is 380 g/mol. The van der Waals surface area contributed by atoms with E-state index >= 15 is 0 Å². The van der Waals surface area contributed by atoms with Crippen LogP contribution in [-0.2, 0) is 11.2 Å². The quantitative estimate of drug-likeness (QED) is 0.358. The molecule has 0 unspecified atom stereocenters. The molecule has 0 bridgehead atoms. The first-order chi connectivity index (χ1) is 13.1. The van der Waals surface area contributed by atoms with Crippen LogP contribution in [0.1, 0.15) is 26.9 Å². The van der Waals surface area contributed by atoms with Crippen molar-refractivity contribution in [3.8, 4) is 0 Å². The van der Waals surface area contributed by atoms with Crippen molar-refractivity contribution in [3.63, 3.8) is 0 Å². The van der Waals surface area contributed by atoms with Crippen LogP contribution in [0.25, 0.3) is 6.08 Å². The van der Waals surface area contributed by atoms with E-state index in [9.17, 15) is 14.9 Å². The summed E-state index contributed by atoms with van der Waals surface area (Å²) in [6.07, 6.45) is 4.01. The molecule has 1 aromatic carbocycles. The van der Waals surface area contributed by atoms with Crippen LogP contribution in [-0.4, -0.2) is 22.3 Å². The number of benzene rings is 1. The van der Waals surface area contributed by atoms with Gasteiger partial charge in [-0.15, -0.1) is 22.7 Å². The van der Waals surface area contributed by atoms with E-state index in [1.165, 1.54) is 28.6 Å². The van der Waals surface area contributed by atoms with E-state index in [0.717, 1.165) is 11.3 Å². The SMILES string of the molecule is O=C(/C=C/c1cccc([N+](=O)[O-])c1)N1CCc2sccc2[C@H]1c1cccs1. The molecule has 1 aliphatic rings. The summed E-state index contributed by atoms with van der Waals surface area (Å²) in [6.45, 7) is 0.661. The minimum atomic E-state index is -0.436. The molecule has 136 valence electrons. The summed E-state index contributed by atoms with van der Waals surface area (Å²) >= 11 is 3.39. The molecule has 1 atom stereocenters. The number of nitrogens with zero attached hydrogens (tertiary/aromatic N) is 2. The summed E-state index contributed by atoms with van der Waals surface area (Å²) in [5, 5.41) is 15.0. The number of nitro benzene ring substituents is 1. The summed E-state index contributed by atoms with van der Waals surface area (Å²) in [4.78, 5) is 27.8. The molecule has 0 N–H and O–H groups in total. The van der Waals surface area contributed by atoms with Crippen LogP contribution in [0.5, 0.6) is 0 Å². The molecular formula is C20H16N2O3S2. The number of amides is 1. The molecule has 0 radical (unpaired) electrons. The highest BCUT2D eigenvalue weighted by atomic mass is 32.1. The van der Waals surface area contributed by atoms with Gasteiger partial charge in [0.1, 0.15) is 0 Å². The van der Waals surface area contributed by atoms with Crippen molar-refractivity contribution >= 4 is 40.3 Å². The third kappa shape index (κ3) is 3.56. The van der Waals surface area contributed by atoms with Crippen LogP contribution in [0.2, 0.25) is 0 Å². The lowest BCUT2D eigenvalue weighted by molar-refractivity contribution is -0.384. The zero-order valence-electron chi connectivity index (χ0n) is 14.3. The number of nitro groups is 1. The highest BCUT2D eigenvalue weighted by Crippen LogP contribution is 2.39. The fourth-order valence-corrected chi connectivity index (χ4v) is 5.07. The van der Waals surface area contributed by atoms with E-state index in [0.29, 0.717) is 12.1 Å². The van der Waals surface area contributed by atoms with E-state index in [1.807, 2.05) is 16.3 Å². The molecule has 0 aliphatic carbocycles. The fraction of sp³-hybridized carbons (Fsp3) is 0.150. The molecule has 1 aliphatic heterocycles. The van der Waals surface area contributed by atoms with Crippen LogP contribution < -0.4 is 0 Å². The lowest BCUT2D eigenvalue weighted by Crippen LogP contribution is -2.38. The Balaban J connectivity index is 1.61. The minimum Gasteiger partial charge on any atom is -0.327 e. The fourth-order valence-electron chi connectivity index (χ4n) is 3.31. The molecule has 7 heteroatoms. The van der Waals surface area contributed by atoms with Crippen LogP contribution >= 0.6 is 22.7 Å². The number of carbonyl (C=O) groups is 1. The number of thiophene rings is 2. The molecule has 2 aromatic heterocycles. The van der Waals surface area contributed by atoms with Crippen LogP contribution in [0.3, 0.4) is 0 Å². The second kappa shape index (κ2) is 7.46. The topological polar surface area (TPSA) is 63.4 Å². The van der Waals surface area contributed by atoms with Crippen molar-refractivity contribution in [2.24, 2.45) is 0 Å². The predicted molar refractivity (Wildman–Crippen MR) is 108 cm³/mol. The lowest BCUT2D eigenvalue weighted by atomic mass is 9.98. The number of rotatable bonds is 4. The number of carbonyl (C=O) groups excluding carboxylic acids is 1. The Bertz CT molecular complexity index is 1010. The first kappa shape index (κ1) is 17.6. The van der Waals surface area contributed by atoms with Crippen molar-refractivity contribution in [2.45, 2.75) is 12.5 Å². The van der Waals surface area contributed by atoms with Gasteiger partial charge in [0, 0.05) is 34.5 Å². The smallest absolute Gasteiger partial charge is 0.270 e. The van der Waals surface area contributed by atoms with Gasteiger partial charge in [0.15, 0.2) is 0 Å². The third-order valence-corrected chi connectivity index (χ3v) is 6.48. The Morgan fingerprint density at radius 1 is 1.19 bits per heavy atom. The van der Waals surface area contributed by atoms with E-state index in [2.05, 4.69) is 17.5 Å². The Labute approximate surface area is 164 Å². The molecule has 1 amide bonds. The van der Waals surface area contributed by atoms with Gasteiger partial charge in [-0.3, -0.25) is 14.9 Å². The van der Waals surface area contributed by atoms with Crippen LogP contribution in [0.4, 0.5) is 5.69 Å². The number of hydrogen-bond donors (Lipinski definition) is 0. The van der Waals surface area contributed by atoms with Crippen LogP contribution in [0, 0.1) is 10.1 Å². The van der Waals surface area contributed by atoms with Crippen molar-refractivity contribution < 1.29 is 9.72 Å². The van der Waals surface area contributed by atoms with Gasteiger partial charge in [0.25, 0.3) is 5.69 Å². The largest absolute Gasteiger partial charge is 0.327 e. The van der Waals surface area contributed by atoms with Crippen LogP contribution in [0.15, 0.2) is 59.3 Å². The molecule has 3 heterocycles. The van der Waals surface area contributed by atoms with Crippen molar-refractivity contribution in [1.29, 1.82) is 0 Å². The third-order valence-electron chi connectivity index (χ3n) is 4.56. The van der Waals surface area contributed by atoms with Gasteiger partial charge in [-0.2, -0.15) is 0 Å². The van der Waals surface area contributed by atoms with Crippen molar-refractivity contribution in [2.75, 3.05) is 6.54 Å². The second-order valence-electron chi connectivity index (χ2n) is 6.18. The summed E-state index contributed by atoms with van der Waals surface area (Å²) < 4.78 is 0. The van der Waals surface area contributed by atoms with Gasteiger partial charge in [-0.05, 0) is 46.5 Å².